The SMILES string of the molecule is CN(C)C(=O)c1ccccc1C1CC1. The Balaban J connectivity index is 2.36. The molecule has 1 saturated carbocycles. The molecule has 0 unspecified atom stereocenters. The summed E-state index contributed by atoms with van der Waals surface area (Å²) >= 11 is 0. The van der Waals surface area contributed by atoms with Gasteiger partial charge in [0.25, 0.3) is 5.91 Å². The molecule has 1 aromatic carbocycles. The number of amides is 1. The molecule has 0 aromatic heterocycles. The van der Waals surface area contributed by atoms with Crippen LogP contribution in [0.3, 0.4) is 0 Å². The van der Waals surface area contributed by atoms with Crippen molar-refractivity contribution in [1.82, 2.24) is 4.90 Å². The summed E-state index contributed by atoms with van der Waals surface area (Å²) in [7, 11) is 3.60. The van der Waals surface area contributed by atoms with Gasteiger partial charge in [-0.25, -0.2) is 0 Å². The molecule has 0 radical (unpaired) electrons. The van der Waals surface area contributed by atoms with E-state index in [1.807, 2.05) is 18.2 Å². The number of rotatable bonds is 2. The molecule has 0 spiro atoms. The van der Waals surface area contributed by atoms with E-state index in [2.05, 4.69) is 6.07 Å². The van der Waals surface area contributed by atoms with Crippen molar-refractivity contribution in [3.63, 3.8) is 0 Å². The van der Waals surface area contributed by atoms with Crippen molar-refractivity contribution < 1.29 is 4.79 Å². The average Bonchev–Trinajstić information content (AvgIpc) is 3.00. The lowest BCUT2D eigenvalue weighted by molar-refractivity contribution is 0.0826. The fourth-order valence-electron chi connectivity index (χ4n) is 1.68. The van der Waals surface area contributed by atoms with Crippen molar-refractivity contribution in [3.05, 3.63) is 35.4 Å². The molecule has 14 heavy (non-hydrogen) atoms. The van der Waals surface area contributed by atoms with E-state index >= 15 is 0 Å². The minimum Gasteiger partial charge on any atom is -0.345 e. The lowest BCUT2D eigenvalue weighted by atomic mass is 10.0. The van der Waals surface area contributed by atoms with Gasteiger partial charge in [-0.3, -0.25) is 4.79 Å². The van der Waals surface area contributed by atoms with Gasteiger partial charge in [0.1, 0.15) is 0 Å². The zero-order valence-corrected chi connectivity index (χ0v) is 8.66. The normalized spacial score (nSPS) is 15.3. The number of benzene rings is 1. The van der Waals surface area contributed by atoms with Crippen LogP contribution in [0.5, 0.6) is 0 Å². The Morgan fingerprint density at radius 1 is 1.29 bits per heavy atom. The highest BCUT2D eigenvalue weighted by molar-refractivity contribution is 5.95. The summed E-state index contributed by atoms with van der Waals surface area (Å²) in [4.78, 5) is 13.5. The maximum Gasteiger partial charge on any atom is 0.253 e. The minimum atomic E-state index is 0.118. The van der Waals surface area contributed by atoms with Crippen molar-refractivity contribution in [2.45, 2.75) is 18.8 Å². The molecule has 0 aliphatic heterocycles. The second kappa shape index (κ2) is 3.45. The van der Waals surface area contributed by atoms with E-state index in [4.69, 9.17) is 0 Å². The zero-order valence-electron chi connectivity index (χ0n) is 8.66. The van der Waals surface area contributed by atoms with Crippen LogP contribution in [0.1, 0.15) is 34.7 Å². The monoisotopic (exact) mass is 189 g/mol. The molecule has 0 atom stereocenters. The van der Waals surface area contributed by atoms with Crippen LogP contribution < -0.4 is 0 Å². The maximum atomic E-state index is 11.8. The van der Waals surface area contributed by atoms with Crippen molar-refractivity contribution in [2.24, 2.45) is 0 Å². The van der Waals surface area contributed by atoms with Crippen molar-refractivity contribution in [2.75, 3.05) is 14.1 Å². The van der Waals surface area contributed by atoms with E-state index in [9.17, 15) is 4.79 Å². The van der Waals surface area contributed by atoms with Gasteiger partial charge in [-0.15, -0.1) is 0 Å². The van der Waals surface area contributed by atoms with E-state index in [1.54, 1.807) is 19.0 Å². The van der Waals surface area contributed by atoms with Gasteiger partial charge in [-0.2, -0.15) is 0 Å². The van der Waals surface area contributed by atoms with Crippen LogP contribution in [-0.4, -0.2) is 24.9 Å². The van der Waals surface area contributed by atoms with E-state index < -0.39 is 0 Å². The summed E-state index contributed by atoms with van der Waals surface area (Å²) in [5.41, 5.74) is 2.10. The summed E-state index contributed by atoms with van der Waals surface area (Å²) in [5, 5.41) is 0. The molecule has 1 fully saturated rings. The number of nitrogens with zero attached hydrogens (tertiary/aromatic N) is 1. The third-order valence-electron chi connectivity index (χ3n) is 2.61. The van der Waals surface area contributed by atoms with Gasteiger partial charge in [0.15, 0.2) is 0 Å². The number of carbonyl (C=O) groups excluding carboxylic acids is 1. The van der Waals surface area contributed by atoms with Crippen molar-refractivity contribution in [1.29, 1.82) is 0 Å². The minimum absolute atomic E-state index is 0.118. The first-order valence-electron chi connectivity index (χ1n) is 5.00. The highest BCUT2D eigenvalue weighted by Crippen LogP contribution is 2.41. The molecule has 0 saturated heterocycles. The van der Waals surface area contributed by atoms with Gasteiger partial charge in [0.05, 0.1) is 0 Å². The lowest BCUT2D eigenvalue weighted by Gasteiger charge is -2.13. The largest absolute Gasteiger partial charge is 0.345 e. The van der Waals surface area contributed by atoms with E-state index in [1.165, 1.54) is 18.4 Å². The van der Waals surface area contributed by atoms with Crippen LogP contribution in [-0.2, 0) is 0 Å². The Labute approximate surface area is 84.5 Å². The van der Waals surface area contributed by atoms with E-state index in [-0.39, 0.29) is 5.91 Å². The third kappa shape index (κ3) is 1.65. The van der Waals surface area contributed by atoms with Gasteiger partial charge in [-0.05, 0) is 30.4 Å². The predicted molar refractivity (Wildman–Crippen MR) is 56.4 cm³/mol. The Morgan fingerprint density at radius 3 is 2.50 bits per heavy atom. The van der Waals surface area contributed by atoms with Crippen molar-refractivity contribution in [3.8, 4) is 0 Å². The Morgan fingerprint density at radius 2 is 1.93 bits per heavy atom. The standard InChI is InChI=1S/C12H15NO/c1-13(2)12(14)11-6-4-3-5-10(11)9-7-8-9/h3-6,9H,7-8H2,1-2H3. The fraction of sp³-hybridized carbons (Fsp3) is 0.417. The topological polar surface area (TPSA) is 20.3 Å². The first-order chi connectivity index (χ1) is 6.70. The molecule has 2 rings (SSSR count). The van der Waals surface area contributed by atoms with Gasteiger partial charge in [-0.1, -0.05) is 18.2 Å². The molecule has 0 N–H and O–H groups in total. The van der Waals surface area contributed by atoms with Crippen LogP contribution >= 0.6 is 0 Å². The molecule has 1 aromatic rings. The molecule has 2 heteroatoms. The summed E-state index contributed by atoms with van der Waals surface area (Å²) in [6.45, 7) is 0. The van der Waals surface area contributed by atoms with Crippen LogP contribution in [0.25, 0.3) is 0 Å². The smallest absolute Gasteiger partial charge is 0.253 e. The highest BCUT2D eigenvalue weighted by atomic mass is 16.2. The summed E-state index contributed by atoms with van der Waals surface area (Å²) in [6, 6.07) is 7.95. The fourth-order valence-corrected chi connectivity index (χ4v) is 1.68. The van der Waals surface area contributed by atoms with Gasteiger partial charge < -0.3 is 4.90 Å². The second-order valence-corrected chi connectivity index (χ2v) is 4.06. The first-order valence-corrected chi connectivity index (χ1v) is 5.00. The summed E-state index contributed by atoms with van der Waals surface area (Å²) in [6.07, 6.45) is 2.47. The Bertz CT molecular complexity index is 353. The molecule has 1 amide bonds. The lowest BCUT2D eigenvalue weighted by Crippen LogP contribution is -2.22. The van der Waals surface area contributed by atoms with E-state index in [0.717, 1.165) is 5.56 Å². The zero-order chi connectivity index (χ0) is 10.1. The Hall–Kier alpha value is -1.31. The van der Waals surface area contributed by atoms with Crippen LogP contribution in [0.15, 0.2) is 24.3 Å². The number of carbonyl (C=O) groups is 1. The molecule has 2 nitrogen and oxygen atoms in total. The molecule has 0 bridgehead atoms. The molecular formula is C12H15NO. The second-order valence-electron chi connectivity index (χ2n) is 4.06. The van der Waals surface area contributed by atoms with Crippen LogP contribution in [0, 0.1) is 0 Å². The third-order valence-corrected chi connectivity index (χ3v) is 2.61. The maximum absolute atomic E-state index is 11.8. The van der Waals surface area contributed by atoms with Gasteiger partial charge in [0, 0.05) is 19.7 Å². The molecule has 74 valence electrons. The molecular weight excluding hydrogens is 174 g/mol. The molecule has 1 aliphatic rings. The number of hydrogen-bond acceptors (Lipinski definition) is 1. The van der Waals surface area contributed by atoms with Gasteiger partial charge >= 0.3 is 0 Å². The number of hydrogen-bond donors (Lipinski definition) is 0. The van der Waals surface area contributed by atoms with Gasteiger partial charge in [0.2, 0.25) is 0 Å². The van der Waals surface area contributed by atoms with E-state index in [0.29, 0.717) is 5.92 Å². The van der Waals surface area contributed by atoms with Crippen LogP contribution in [0.4, 0.5) is 0 Å². The van der Waals surface area contributed by atoms with Crippen LogP contribution in [0.2, 0.25) is 0 Å². The highest BCUT2D eigenvalue weighted by Gasteiger charge is 2.27. The van der Waals surface area contributed by atoms with Crippen molar-refractivity contribution >= 4 is 5.91 Å². The summed E-state index contributed by atoms with van der Waals surface area (Å²) in [5.74, 6) is 0.752. The molecule has 1 aliphatic carbocycles. The summed E-state index contributed by atoms with van der Waals surface area (Å²) < 4.78 is 0. The quantitative estimate of drug-likeness (QED) is 0.698. The Kier molecular flexibility index (Phi) is 2.28. The first kappa shape index (κ1) is 9.25. The molecule has 0 heterocycles. The average molecular weight is 189 g/mol. The predicted octanol–water partition coefficient (Wildman–Crippen LogP) is 2.27.